The van der Waals surface area contributed by atoms with Gasteiger partial charge in [0.15, 0.2) is 5.76 Å². The Hall–Kier alpha value is -1.55. The molecule has 0 unspecified atom stereocenters. The van der Waals surface area contributed by atoms with Gasteiger partial charge in [-0.3, -0.25) is 4.79 Å². The Morgan fingerprint density at radius 1 is 1.41 bits per heavy atom. The summed E-state index contributed by atoms with van der Waals surface area (Å²) in [5.41, 5.74) is 0. The second kappa shape index (κ2) is 4.37. The average Bonchev–Trinajstić information content (AvgIpc) is 2.86. The van der Waals surface area contributed by atoms with E-state index in [0.717, 1.165) is 12.8 Å². The Morgan fingerprint density at radius 3 is 2.88 bits per heavy atom. The summed E-state index contributed by atoms with van der Waals surface area (Å²) >= 11 is 1.69. The summed E-state index contributed by atoms with van der Waals surface area (Å²) < 4.78 is 5.19. The highest BCUT2D eigenvalue weighted by Crippen LogP contribution is 2.30. The maximum absolute atomic E-state index is 12.3. The van der Waals surface area contributed by atoms with Crippen LogP contribution < -0.4 is 0 Å². The van der Waals surface area contributed by atoms with Gasteiger partial charge in [0, 0.05) is 10.9 Å². The molecule has 4 heteroatoms. The summed E-state index contributed by atoms with van der Waals surface area (Å²) in [6.07, 6.45) is 3.76. The topological polar surface area (TPSA) is 33.5 Å². The van der Waals surface area contributed by atoms with Crippen LogP contribution in [0, 0.1) is 0 Å². The third-order valence-corrected chi connectivity index (χ3v) is 3.75. The minimum atomic E-state index is 0.00546. The fraction of sp³-hybridized carbons (Fsp3) is 0.308. The van der Waals surface area contributed by atoms with Gasteiger partial charge in [0.2, 0.25) is 0 Å². The molecule has 2 aromatic heterocycles. The first-order valence-corrected chi connectivity index (χ1v) is 6.59. The molecule has 2 heterocycles. The van der Waals surface area contributed by atoms with Crippen LogP contribution in [0.3, 0.4) is 0 Å². The summed E-state index contributed by atoms with van der Waals surface area (Å²) in [7, 11) is 0. The van der Waals surface area contributed by atoms with E-state index in [4.69, 9.17) is 4.42 Å². The van der Waals surface area contributed by atoms with Crippen LogP contribution in [0.1, 0.15) is 28.3 Å². The minimum absolute atomic E-state index is 0.00546. The van der Waals surface area contributed by atoms with Crippen molar-refractivity contribution in [1.82, 2.24) is 4.90 Å². The molecule has 0 saturated heterocycles. The largest absolute Gasteiger partial charge is 0.459 e. The molecule has 1 fully saturated rings. The lowest BCUT2D eigenvalue weighted by Crippen LogP contribution is -2.32. The highest BCUT2D eigenvalue weighted by atomic mass is 32.1. The van der Waals surface area contributed by atoms with Crippen molar-refractivity contribution in [3.63, 3.8) is 0 Å². The van der Waals surface area contributed by atoms with E-state index < -0.39 is 0 Å². The van der Waals surface area contributed by atoms with Gasteiger partial charge in [0.05, 0.1) is 12.8 Å². The Bertz CT molecular complexity index is 485. The van der Waals surface area contributed by atoms with Crippen LogP contribution in [0.25, 0.3) is 0 Å². The molecule has 17 heavy (non-hydrogen) atoms. The zero-order valence-electron chi connectivity index (χ0n) is 9.33. The maximum atomic E-state index is 12.3. The lowest BCUT2D eigenvalue weighted by Gasteiger charge is -2.20. The number of thiophene rings is 1. The van der Waals surface area contributed by atoms with Crippen molar-refractivity contribution >= 4 is 17.2 Å². The fourth-order valence-corrected chi connectivity index (χ4v) is 2.57. The number of rotatable bonds is 4. The Morgan fingerprint density at radius 2 is 2.29 bits per heavy atom. The van der Waals surface area contributed by atoms with Crippen LogP contribution in [0.15, 0.2) is 40.3 Å². The van der Waals surface area contributed by atoms with Gasteiger partial charge in [0.1, 0.15) is 0 Å². The fourth-order valence-electron chi connectivity index (χ4n) is 1.87. The quantitative estimate of drug-likeness (QED) is 0.831. The average molecular weight is 247 g/mol. The van der Waals surface area contributed by atoms with Crippen molar-refractivity contribution in [1.29, 1.82) is 0 Å². The van der Waals surface area contributed by atoms with Crippen molar-refractivity contribution < 1.29 is 9.21 Å². The molecule has 88 valence electrons. The normalized spacial score (nSPS) is 14.8. The molecule has 0 N–H and O–H groups in total. The van der Waals surface area contributed by atoms with Crippen LogP contribution in [0.5, 0.6) is 0 Å². The number of hydrogen-bond donors (Lipinski definition) is 0. The molecular weight excluding hydrogens is 234 g/mol. The van der Waals surface area contributed by atoms with E-state index >= 15 is 0 Å². The van der Waals surface area contributed by atoms with E-state index in [1.165, 1.54) is 4.88 Å². The zero-order chi connectivity index (χ0) is 11.7. The predicted octanol–water partition coefficient (Wildman–Crippen LogP) is 3.15. The Balaban J connectivity index is 1.78. The molecule has 0 radical (unpaired) electrons. The first-order valence-electron chi connectivity index (χ1n) is 5.71. The lowest BCUT2D eigenvalue weighted by molar-refractivity contribution is 0.0699. The standard InChI is InChI=1S/C13H13NO2S/c15-13(12-4-1-7-16-12)14(10-5-6-10)9-11-3-2-8-17-11/h1-4,7-8,10H,5-6,9H2. The van der Waals surface area contributed by atoms with Gasteiger partial charge < -0.3 is 9.32 Å². The van der Waals surface area contributed by atoms with Gasteiger partial charge >= 0.3 is 0 Å². The first-order chi connectivity index (χ1) is 8.34. The molecule has 1 aliphatic rings. The van der Waals surface area contributed by atoms with Gasteiger partial charge in [-0.2, -0.15) is 0 Å². The summed E-state index contributed by atoms with van der Waals surface area (Å²) in [4.78, 5) is 15.4. The number of carbonyl (C=O) groups is 1. The second-order valence-corrected chi connectivity index (χ2v) is 5.25. The van der Waals surface area contributed by atoms with E-state index in [9.17, 15) is 4.79 Å². The smallest absolute Gasteiger partial charge is 0.290 e. The monoisotopic (exact) mass is 247 g/mol. The predicted molar refractivity (Wildman–Crippen MR) is 65.9 cm³/mol. The second-order valence-electron chi connectivity index (χ2n) is 4.22. The molecule has 1 saturated carbocycles. The Kier molecular flexibility index (Phi) is 2.73. The van der Waals surface area contributed by atoms with E-state index in [1.807, 2.05) is 16.3 Å². The van der Waals surface area contributed by atoms with Crippen LogP contribution in [0.4, 0.5) is 0 Å². The van der Waals surface area contributed by atoms with Crippen molar-refractivity contribution in [2.45, 2.75) is 25.4 Å². The molecule has 0 atom stereocenters. The molecule has 0 aromatic carbocycles. The molecule has 0 bridgehead atoms. The molecule has 3 nitrogen and oxygen atoms in total. The summed E-state index contributed by atoms with van der Waals surface area (Å²) in [6, 6.07) is 7.96. The third kappa shape index (κ3) is 2.26. The first kappa shape index (κ1) is 10.6. The molecule has 3 rings (SSSR count). The highest BCUT2D eigenvalue weighted by Gasteiger charge is 2.34. The molecule has 2 aromatic rings. The van der Waals surface area contributed by atoms with Crippen molar-refractivity contribution in [3.8, 4) is 0 Å². The highest BCUT2D eigenvalue weighted by molar-refractivity contribution is 7.09. The lowest BCUT2D eigenvalue weighted by atomic mass is 10.3. The van der Waals surface area contributed by atoms with E-state index in [0.29, 0.717) is 18.3 Å². The number of amides is 1. The van der Waals surface area contributed by atoms with Crippen molar-refractivity contribution in [2.24, 2.45) is 0 Å². The van der Waals surface area contributed by atoms with E-state index in [-0.39, 0.29) is 5.91 Å². The Labute approximate surface area is 104 Å². The summed E-state index contributed by atoms with van der Waals surface area (Å²) in [5, 5.41) is 2.04. The third-order valence-electron chi connectivity index (χ3n) is 2.89. The van der Waals surface area contributed by atoms with Crippen LogP contribution in [-0.2, 0) is 6.54 Å². The maximum Gasteiger partial charge on any atom is 0.290 e. The van der Waals surface area contributed by atoms with Gasteiger partial charge in [-0.25, -0.2) is 0 Å². The van der Waals surface area contributed by atoms with Crippen LogP contribution in [-0.4, -0.2) is 16.8 Å². The van der Waals surface area contributed by atoms with Gasteiger partial charge in [0.25, 0.3) is 5.91 Å². The number of hydrogen-bond acceptors (Lipinski definition) is 3. The summed E-state index contributed by atoms with van der Waals surface area (Å²) in [6.45, 7) is 0.696. The SMILES string of the molecule is O=C(c1ccco1)N(Cc1cccs1)C1CC1. The van der Waals surface area contributed by atoms with E-state index in [2.05, 4.69) is 6.07 Å². The molecule has 0 aliphatic heterocycles. The molecule has 1 amide bonds. The minimum Gasteiger partial charge on any atom is -0.459 e. The van der Waals surface area contributed by atoms with E-state index in [1.54, 1.807) is 29.7 Å². The van der Waals surface area contributed by atoms with Crippen molar-refractivity contribution in [3.05, 3.63) is 46.5 Å². The number of carbonyl (C=O) groups excluding carboxylic acids is 1. The van der Waals surface area contributed by atoms with Gasteiger partial charge in [-0.15, -0.1) is 11.3 Å². The number of furan rings is 1. The van der Waals surface area contributed by atoms with Crippen LogP contribution >= 0.6 is 11.3 Å². The molecular formula is C13H13NO2S. The molecule has 1 aliphatic carbocycles. The van der Waals surface area contributed by atoms with Gasteiger partial charge in [-0.05, 0) is 36.4 Å². The molecule has 0 spiro atoms. The van der Waals surface area contributed by atoms with Crippen molar-refractivity contribution in [2.75, 3.05) is 0 Å². The number of nitrogens with zero attached hydrogens (tertiary/aromatic N) is 1. The zero-order valence-corrected chi connectivity index (χ0v) is 10.2. The van der Waals surface area contributed by atoms with Crippen LogP contribution in [0.2, 0.25) is 0 Å². The summed E-state index contributed by atoms with van der Waals surface area (Å²) in [5.74, 6) is 0.444. The van der Waals surface area contributed by atoms with Gasteiger partial charge in [-0.1, -0.05) is 6.07 Å².